The molecule has 9 N–H and O–H groups in total. The highest BCUT2D eigenvalue weighted by Crippen LogP contribution is 2.30. The van der Waals surface area contributed by atoms with E-state index in [0.29, 0.717) is 12.8 Å². The molecule has 2 aliphatic rings. The third-order valence-corrected chi connectivity index (χ3v) is 14.6. The minimum Gasteiger partial charge on any atom is -0.394 e. The van der Waals surface area contributed by atoms with Crippen LogP contribution in [0.4, 0.5) is 0 Å². The predicted octanol–water partition coefficient (Wildman–Crippen LogP) is 9.83. The number of rotatable bonds is 47. The van der Waals surface area contributed by atoms with E-state index in [1.165, 1.54) is 128 Å². The van der Waals surface area contributed by atoms with E-state index in [-0.39, 0.29) is 18.9 Å². The van der Waals surface area contributed by atoms with E-state index < -0.39 is 86.8 Å². The lowest BCUT2D eigenvalue weighted by Gasteiger charge is -2.46. The average molecular weight is 1040 g/mol. The van der Waals surface area contributed by atoms with Gasteiger partial charge in [0.25, 0.3) is 0 Å². The van der Waals surface area contributed by atoms with Gasteiger partial charge in [-0.05, 0) is 51.4 Å². The Balaban J connectivity index is 1.77. The SMILES string of the molecule is CCCCC/C=C\C/C=C\C/C=C\CCCCCCCCC(=O)NC(COC1OC(CO)C(OC2OC(CO)C(O)C(O)C2O)C(O)C1O)C(O)CCCCCCCCCCCCCCCCCCCCCC. The molecule has 73 heavy (non-hydrogen) atoms. The van der Waals surface area contributed by atoms with Crippen molar-refractivity contribution in [1.29, 1.82) is 0 Å². The Morgan fingerprint density at radius 3 is 1.41 bits per heavy atom. The van der Waals surface area contributed by atoms with Crippen molar-refractivity contribution in [3.63, 3.8) is 0 Å². The normalized spacial score (nSPS) is 25.6. The van der Waals surface area contributed by atoms with E-state index in [1.54, 1.807) is 0 Å². The summed E-state index contributed by atoms with van der Waals surface area (Å²) in [5, 5.41) is 87.3. The third kappa shape index (κ3) is 31.3. The summed E-state index contributed by atoms with van der Waals surface area (Å²) in [6.07, 6.45) is 37.0. The van der Waals surface area contributed by atoms with Gasteiger partial charge in [-0.3, -0.25) is 4.79 Å². The van der Waals surface area contributed by atoms with Gasteiger partial charge < -0.3 is 65.1 Å². The second kappa shape index (κ2) is 45.3. The van der Waals surface area contributed by atoms with E-state index in [0.717, 1.165) is 77.0 Å². The maximum absolute atomic E-state index is 13.3. The van der Waals surface area contributed by atoms with Gasteiger partial charge >= 0.3 is 0 Å². The summed E-state index contributed by atoms with van der Waals surface area (Å²) >= 11 is 0. The number of hydrogen-bond acceptors (Lipinski definition) is 13. The first-order valence-corrected chi connectivity index (χ1v) is 29.7. The number of hydrogen-bond donors (Lipinski definition) is 9. The van der Waals surface area contributed by atoms with Gasteiger partial charge in [-0.15, -0.1) is 0 Å². The van der Waals surface area contributed by atoms with Gasteiger partial charge in [0.2, 0.25) is 5.91 Å². The number of aliphatic hydroxyl groups excluding tert-OH is 8. The molecular formula is C59H109NO13. The number of nitrogens with one attached hydrogen (secondary N) is 1. The Morgan fingerprint density at radius 1 is 0.493 bits per heavy atom. The van der Waals surface area contributed by atoms with Crippen LogP contribution in [-0.4, -0.2) is 140 Å². The summed E-state index contributed by atoms with van der Waals surface area (Å²) < 4.78 is 22.8. The molecule has 428 valence electrons. The molecular weight excluding hydrogens is 931 g/mol. The molecule has 14 heteroatoms. The van der Waals surface area contributed by atoms with Gasteiger partial charge in [0, 0.05) is 6.42 Å². The second-order valence-electron chi connectivity index (χ2n) is 21.1. The molecule has 1 amide bonds. The van der Waals surface area contributed by atoms with Crippen molar-refractivity contribution in [2.75, 3.05) is 19.8 Å². The summed E-state index contributed by atoms with van der Waals surface area (Å²) in [6, 6.07) is -0.836. The van der Waals surface area contributed by atoms with Crippen LogP contribution in [-0.2, 0) is 23.7 Å². The molecule has 0 radical (unpaired) electrons. The molecule has 2 rings (SSSR count). The zero-order chi connectivity index (χ0) is 53.2. The Hall–Kier alpha value is -1.79. The first-order valence-electron chi connectivity index (χ1n) is 29.7. The molecule has 0 aromatic rings. The van der Waals surface area contributed by atoms with Crippen LogP contribution in [0.25, 0.3) is 0 Å². The minimum atomic E-state index is -1.78. The fraction of sp³-hybridized carbons (Fsp3) is 0.881. The fourth-order valence-corrected chi connectivity index (χ4v) is 9.77. The van der Waals surface area contributed by atoms with Crippen LogP contribution in [0.3, 0.4) is 0 Å². The van der Waals surface area contributed by atoms with Crippen LogP contribution in [0.2, 0.25) is 0 Å². The Bertz CT molecular complexity index is 1370. The first-order chi connectivity index (χ1) is 35.6. The standard InChI is InChI=1S/C59H109NO13/c1-3-5-7-9-11-13-15-17-19-21-23-25-26-28-30-32-34-36-38-40-42-48(63)47(60-51(64)43-41-39-37-35-33-31-29-27-24-22-20-18-16-14-12-10-8-6-4-2)46-70-58-56(69)54(67)57(50(45-62)72-58)73-59-55(68)53(66)52(65)49(44-61)71-59/h12,14,18,20,24,27,47-50,52-59,61-63,65-69H,3-11,13,15-17,19,21-23,25-26,28-46H2,1-2H3,(H,60,64)/b14-12-,20-18-,27-24-. The van der Waals surface area contributed by atoms with E-state index in [4.69, 9.17) is 18.9 Å². The van der Waals surface area contributed by atoms with Gasteiger partial charge in [-0.25, -0.2) is 0 Å². The number of unbranched alkanes of at least 4 members (excludes halogenated alkanes) is 28. The lowest BCUT2D eigenvalue weighted by atomic mass is 9.97. The third-order valence-electron chi connectivity index (χ3n) is 14.6. The smallest absolute Gasteiger partial charge is 0.220 e. The van der Waals surface area contributed by atoms with E-state index in [9.17, 15) is 45.6 Å². The molecule has 14 nitrogen and oxygen atoms in total. The van der Waals surface area contributed by atoms with Crippen LogP contribution < -0.4 is 5.32 Å². The first kappa shape index (κ1) is 67.3. The second-order valence-corrected chi connectivity index (χ2v) is 21.1. The molecule has 0 saturated carbocycles. The fourth-order valence-electron chi connectivity index (χ4n) is 9.77. The zero-order valence-corrected chi connectivity index (χ0v) is 45.9. The van der Waals surface area contributed by atoms with Crippen molar-refractivity contribution in [3.05, 3.63) is 36.5 Å². The highest BCUT2D eigenvalue weighted by atomic mass is 16.7. The van der Waals surface area contributed by atoms with E-state index in [1.807, 2.05) is 0 Å². The summed E-state index contributed by atoms with van der Waals surface area (Å²) in [5.41, 5.74) is 0. The summed E-state index contributed by atoms with van der Waals surface area (Å²) in [4.78, 5) is 13.3. The zero-order valence-electron chi connectivity index (χ0n) is 45.9. The van der Waals surface area contributed by atoms with Crippen molar-refractivity contribution >= 4 is 5.91 Å². The summed E-state index contributed by atoms with van der Waals surface area (Å²) in [7, 11) is 0. The van der Waals surface area contributed by atoms with E-state index in [2.05, 4.69) is 55.6 Å². The van der Waals surface area contributed by atoms with Gasteiger partial charge in [0.05, 0.1) is 32.0 Å². The molecule has 0 aromatic carbocycles. The highest BCUT2D eigenvalue weighted by molar-refractivity contribution is 5.76. The van der Waals surface area contributed by atoms with Crippen LogP contribution in [0, 0.1) is 0 Å². The molecule has 0 bridgehead atoms. The largest absolute Gasteiger partial charge is 0.394 e. The summed E-state index contributed by atoms with van der Waals surface area (Å²) in [5.74, 6) is -0.218. The minimum absolute atomic E-state index is 0.218. The number of carbonyl (C=O) groups excluding carboxylic acids is 1. The molecule has 12 atom stereocenters. The van der Waals surface area contributed by atoms with Gasteiger partial charge in [-0.1, -0.05) is 217 Å². The Labute approximate surface area is 442 Å². The number of ether oxygens (including phenoxy) is 4. The van der Waals surface area contributed by atoms with Crippen molar-refractivity contribution in [3.8, 4) is 0 Å². The highest BCUT2D eigenvalue weighted by Gasteiger charge is 2.51. The van der Waals surface area contributed by atoms with Crippen molar-refractivity contribution in [2.24, 2.45) is 0 Å². The number of carbonyl (C=O) groups is 1. The molecule has 0 aliphatic carbocycles. The predicted molar refractivity (Wildman–Crippen MR) is 291 cm³/mol. The van der Waals surface area contributed by atoms with Crippen LogP contribution in [0.1, 0.15) is 239 Å². The summed E-state index contributed by atoms with van der Waals surface area (Å²) in [6.45, 7) is 2.84. The molecule has 2 saturated heterocycles. The molecule has 2 fully saturated rings. The van der Waals surface area contributed by atoms with Gasteiger partial charge in [-0.2, -0.15) is 0 Å². The quantitative estimate of drug-likeness (QED) is 0.0205. The van der Waals surface area contributed by atoms with Crippen LogP contribution in [0.15, 0.2) is 36.5 Å². The molecule has 12 unspecified atom stereocenters. The van der Waals surface area contributed by atoms with E-state index >= 15 is 0 Å². The lowest BCUT2D eigenvalue weighted by Crippen LogP contribution is -2.65. The van der Waals surface area contributed by atoms with Gasteiger partial charge in [0.15, 0.2) is 12.6 Å². The monoisotopic (exact) mass is 1040 g/mol. The Morgan fingerprint density at radius 2 is 0.904 bits per heavy atom. The van der Waals surface area contributed by atoms with Crippen molar-refractivity contribution in [2.45, 2.75) is 312 Å². The Kier molecular flexibility index (Phi) is 41.7. The maximum atomic E-state index is 13.3. The van der Waals surface area contributed by atoms with Crippen molar-refractivity contribution < 1.29 is 64.6 Å². The molecule has 0 aromatic heterocycles. The number of aliphatic hydroxyl groups is 8. The van der Waals surface area contributed by atoms with Crippen molar-refractivity contribution in [1.82, 2.24) is 5.32 Å². The number of allylic oxidation sites excluding steroid dienone is 6. The lowest BCUT2D eigenvalue weighted by molar-refractivity contribution is -0.359. The number of amides is 1. The maximum Gasteiger partial charge on any atom is 0.220 e. The average Bonchev–Trinajstić information content (AvgIpc) is 3.39. The van der Waals surface area contributed by atoms with Crippen LogP contribution in [0.5, 0.6) is 0 Å². The molecule has 0 spiro atoms. The van der Waals surface area contributed by atoms with Gasteiger partial charge in [0.1, 0.15) is 48.8 Å². The van der Waals surface area contributed by atoms with Crippen LogP contribution >= 0.6 is 0 Å². The molecule has 2 heterocycles. The topological polar surface area (TPSA) is 228 Å². The molecule has 2 aliphatic heterocycles.